The Balaban J connectivity index is 2.15. The molecule has 13 heavy (non-hydrogen) atoms. The normalized spacial score (nSPS) is 43.2. The monoisotopic (exact) mass is 184 g/mol. The van der Waals surface area contributed by atoms with Gasteiger partial charge >= 0.3 is 5.97 Å². The average Bonchev–Trinajstić information content (AvgIpc) is 2.18. The van der Waals surface area contributed by atoms with Crippen molar-refractivity contribution < 1.29 is 14.3 Å². The molecule has 0 aromatic rings. The van der Waals surface area contributed by atoms with Crippen molar-refractivity contribution in [3.8, 4) is 0 Å². The Morgan fingerprint density at radius 1 is 1.31 bits per heavy atom. The number of rotatable bonds is 1. The van der Waals surface area contributed by atoms with E-state index in [0.29, 0.717) is 12.0 Å². The van der Waals surface area contributed by atoms with Crippen LogP contribution in [0.1, 0.15) is 32.6 Å². The smallest absolute Gasteiger partial charge is 0.338 e. The fourth-order valence-electron chi connectivity index (χ4n) is 2.31. The van der Waals surface area contributed by atoms with Gasteiger partial charge in [-0.25, -0.2) is 4.79 Å². The molecule has 0 N–H and O–H groups in total. The van der Waals surface area contributed by atoms with E-state index < -0.39 is 5.60 Å². The van der Waals surface area contributed by atoms with Crippen LogP contribution in [0.4, 0.5) is 0 Å². The van der Waals surface area contributed by atoms with Gasteiger partial charge < -0.3 is 9.47 Å². The highest BCUT2D eigenvalue weighted by Gasteiger charge is 2.52. The predicted octanol–water partition coefficient (Wildman–Crippen LogP) is 1.51. The Bertz CT molecular complexity index is 210. The zero-order valence-corrected chi connectivity index (χ0v) is 8.26. The van der Waals surface area contributed by atoms with E-state index in [9.17, 15) is 4.79 Å². The van der Waals surface area contributed by atoms with Crippen molar-refractivity contribution in [2.24, 2.45) is 5.41 Å². The lowest BCUT2D eigenvalue weighted by atomic mass is 9.67. The minimum atomic E-state index is -0.591. The third-order valence-corrected chi connectivity index (χ3v) is 3.52. The number of carbonyl (C=O) groups is 1. The van der Waals surface area contributed by atoms with Gasteiger partial charge in [-0.15, -0.1) is 0 Å². The second-order valence-corrected chi connectivity index (χ2v) is 4.59. The van der Waals surface area contributed by atoms with Gasteiger partial charge in [-0.3, -0.25) is 0 Å². The quantitative estimate of drug-likeness (QED) is 0.579. The number of carbonyl (C=O) groups excluding carboxylic acids is 1. The summed E-state index contributed by atoms with van der Waals surface area (Å²) < 4.78 is 10.4. The van der Waals surface area contributed by atoms with Crippen LogP contribution in [-0.2, 0) is 14.3 Å². The highest BCUT2D eigenvalue weighted by atomic mass is 16.6. The van der Waals surface area contributed by atoms with E-state index in [1.54, 1.807) is 0 Å². The summed E-state index contributed by atoms with van der Waals surface area (Å²) in [5.74, 6) is -0.186. The lowest BCUT2D eigenvalue weighted by molar-refractivity contribution is -0.206. The summed E-state index contributed by atoms with van der Waals surface area (Å²) in [4.78, 5) is 11.5. The molecule has 2 saturated heterocycles. The summed E-state index contributed by atoms with van der Waals surface area (Å²) in [6.45, 7) is 2.94. The van der Waals surface area contributed by atoms with Crippen molar-refractivity contribution >= 4 is 5.97 Å². The predicted molar refractivity (Wildman–Crippen MR) is 47.3 cm³/mol. The van der Waals surface area contributed by atoms with Crippen molar-refractivity contribution in [1.29, 1.82) is 0 Å². The molecule has 2 heterocycles. The molecule has 74 valence electrons. The Morgan fingerprint density at radius 3 is 2.31 bits per heavy atom. The van der Waals surface area contributed by atoms with Crippen molar-refractivity contribution in [1.82, 2.24) is 0 Å². The molecule has 0 radical (unpaired) electrons. The molecule has 0 aromatic heterocycles. The molecule has 3 fully saturated rings. The first-order chi connectivity index (χ1) is 6.10. The summed E-state index contributed by atoms with van der Waals surface area (Å²) >= 11 is 0. The second-order valence-electron chi connectivity index (χ2n) is 4.59. The van der Waals surface area contributed by atoms with E-state index in [4.69, 9.17) is 9.47 Å². The lowest BCUT2D eigenvalue weighted by Gasteiger charge is -2.49. The van der Waals surface area contributed by atoms with Gasteiger partial charge in [0, 0.05) is 0 Å². The van der Waals surface area contributed by atoms with Crippen LogP contribution in [0.2, 0.25) is 0 Å². The fourth-order valence-corrected chi connectivity index (χ4v) is 2.31. The highest BCUT2D eigenvalue weighted by molar-refractivity contribution is 5.79. The Labute approximate surface area is 78.4 Å². The van der Waals surface area contributed by atoms with Crippen LogP contribution in [-0.4, -0.2) is 25.3 Å². The average molecular weight is 184 g/mol. The van der Waals surface area contributed by atoms with E-state index in [2.05, 4.69) is 6.92 Å². The number of ether oxygens (including phenoxy) is 2. The van der Waals surface area contributed by atoms with E-state index in [1.165, 1.54) is 7.11 Å². The second kappa shape index (κ2) is 2.71. The molecular weight excluding hydrogens is 168 g/mol. The standard InChI is InChI=1S/C10H16O3/c1-9-3-5-10(6-4-9,13-7-9)8(11)12-2/h3-7H2,1-2H3. The molecule has 0 spiro atoms. The van der Waals surface area contributed by atoms with E-state index in [-0.39, 0.29) is 5.97 Å². The van der Waals surface area contributed by atoms with Gasteiger partial charge in [0.15, 0.2) is 5.60 Å². The number of fused-ring (bicyclic) bond motifs is 3. The van der Waals surface area contributed by atoms with Crippen LogP contribution in [0.5, 0.6) is 0 Å². The molecule has 2 aliphatic heterocycles. The minimum absolute atomic E-state index is 0.186. The number of methoxy groups -OCH3 is 1. The first kappa shape index (κ1) is 9.00. The van der Waals surface area contributed by atoms with Crippen LogP contribution >= 0.6 is 0 Å². The summed E-state index contributed by atoms with van der Waals surface area (Å²) in [7, 11) is 1.43. The third-order valence-electron chi connectivity index (χ3n) is 3.52. The zero-order valence-electron chi connectivity index (χ0n) is 8.26. The first-order valence-electron chi connectivity index (χ1n) is 4.83. The molecule has 3 heteroatoms. The molecule has 0 atom stereocenters. The van der Waals surface area contributed by atoms with Gasteiger partial charge in [-0.1, -0.05) is 6.92 Å². The maximum Gasteiger partial charge on any atom is 0.338 e. The van der Waals surface area contributed by atoms with Crippen LogP contribution in [0, 0.1) is 5.41 Å². The summed E-state index contributed by atoms with van der Waals surface area (Å²) in [6, 6.07) is 0. The maximum absolute atomic E-state index is 11.5. The summed E-state index contributed by atoms with van der Waals surface area (Å²) in [5.41, 5.74) is -0.276. The fraction of sp³-hybridized carbons (Fsp3) is 0.900. The molecule has 3 aliphatic rings. The van der Waals surface area contributed by atoms with Crippen molar-refractivity contribution in [3.63, 3.8) is 0 Å². The molecule has 1 saturated carbocycles. The molecule has 3 rings (SSSR count). The summed E-state index contributed by atoms with van der Waals surface area (Å²) in [5, 5.41) is 0. The summed E-state index contributed by atoms with van der Waals surface area (Å²) in [6.07, 6.45) is 3.83. The third kappa shape index (κ3) is 1.26. The molecule has 0 aromatic carbocycles. The molecule has 0 unspecified atom stereocenters. The maximum atomic E-state index is 11.5. The lowest BCUT2D eigenvalue weighted by Crippen LogP contribution is -2.54. The number of hydrogen-bond acceptors (Lipinski definition) is 3. The van der Waals surface area contributed by atoms with Crippen molar-refractivity contribution in [2.45, 2.75) is 38.2 Å². The van der Waals surface area contributed by atoms with Crippen molar-refractivity contribution in [3.05, 3.63) is 0 Å². The molecule has 3 nitrogen and oxygen atoms in total. The van der Waals surface area contributed by atoms with Crippen LogP contribution in [0.15, 0.2) is 0 Å². The number of esters is 1. The SMILES string of the molecule is COC(=O)C12CCC(C)(CC1)CO2. The topological polar surface area (TPSA) is 35.5 Å². The Hall–Kier alpha value is -0.570. The van der Waals surface area contributed by atoms with Gasteiger partial charge in [0.25, 0.3) is 0 Å². The van der Waals surface area contributed by atoms with Gasteiger partial charge in [-0.2, -0.15) is 0 Å². The van der Waals surface area contributed by atoms with Crippen LogP contribution in [0.25, 0.3) is 0 Å². The van der Waals surface area contributed by atoms with E-state index in [0.717, 1.165) is 25.7 Å². The zero-order chi connectivity index (χ0) is 9.53. The van der Waals surface area contributed by atoms with Crippen molar-refractivity contribution in [2.75, 3.05) is 13.7 Å². The van der Waals surface area contributed by atoms with Gasteiger partial charge in [0.05, 0.1) is 13.7 Å². The van der Waals surface area contributed by atoms with Gasteiger partial charge in [0.1, 0.15) is 0 Å². The minimum Gasteiger partial charge on any atom is -0.467 e. The molecule has 0 amide bonds. The van der Waals surface area contributed by atoms with Crippen LogP contribution in [0.3, 0.4) is 0 Å². The molecule has 2 bridgehead atoms. The van der Waals surface area contributed by atoms with Crippen LogP contribution < -0.4 is 0 Å². The van der Waals surface area contributed by atoms with E-state index >= 15 is 0 Å². The number of hydrogen-bond donors (Lipinski definition) is 0. The molecular formula is C10H16O3. The van der Waals surface area contributed by atoms with E-state index in [1.807, 2.05) is 0 Å². The Kier molecular flexibility index (Phi) is 1.88. The first-order valence-corrected chi connectivity index (χ1v) is 4.83. The largest absolute Gasteiger partial charge is 0.467 e. The molecule has 1 aliphatic carbocycles. The Morgan fingerprint density at radius 2 is 1.92 bits per heavy atom. The van der Waals surface area contributed by atoms with Gasteiger partial charge in [-0.05, 0) is 31.1 Å². The highest BCUT2D eigenvalue weighted by Crippen LogP contribution is 2.48. The van der Waals surface area contributed by atoms with Gasteiger partial charge in [0.2, 0.25) is 0 Å².